The molecule has 24 heavy (non-hydrogen) atoms. The van der Waals surface area contributed by atoms with Crippen molar-refractivity contribution in [2.45, 2.75) is 26.6 Å². The Morgan fingerprint density at radius 2 is 2.00 bits per heavy atom. The Morgan fingerprint density at radius 3 is 2.79 bits per heavy atom. The van der Waals surface area contributed by atoms with Crippen LogP contribution in [0.25, 0.3) is 33.3 Å². The number of rotatable bonds is 2. The molecule has 3 heteroatoms. The van der Waals surface area contributed by atoms with E-state index >= 15 is 0 Å². The zero-order valence-electron chi connectivity index (χ0n) is 17.9. The maximum Gasteiger partial charge on any atom is 0.213 e. The lowest BCUT2D eigenvalue weighted by Gasteiger charge is -2.07. The van der Waals surface area contributed by atoms with E-state index in [1.54, 1.807) is 12.1 Å². The van der Waals surface area contributed by atoms with Gasteiger partial charge in [0.05, 0.1) is 10.9 Å². The summed E-state index contributed by atoms with van der Waals surface area (Å²) < 4.78 is 39.6. The summed E-state index contributed by atoms with van der Waals surface area (Å²) in [5.41, 5.74) is 5.10. The molecule has 1 unspecified atom stereocenters. The van der Waals surface area contributed by atoms with Crippen molar-refractivity contribution in [1.82, 2.24) is 4.98 Å². The molecule has 0 fully saturated rings. The van der Waals surface area contributed by atoms with Gasteiger partial charge in [-0.25, -0.2) is 9.55 Å². The highest BCUT2D eigenvalue weighted by Gasteiger charge is 2.21. The van der Waals surface area contributed by atoms with Gasteiger partial charge >= 0.3 is 0 Å². The third kappa shape index (κ3) is 2.20. The number of aryl methyl sites for hydroxylation is 2. The average molecular weight is 321 g/mol. The molecule has 3 heterocycles. The Hall–Kier alpha value is -2.68. The molecule has 3 nitrogen and oxygen atoms in total. The highest BCUT2D eigenvalue weighted by atomic mass is 16.3. The molecule has 0 N–H and O–H groups in total. The summed E-state index contributed by atoms with van der Waals surface area (Å²) in [7, 11) is 1.98. The van der Waals surface area contributed by atoms with E-state index in [1.807, 2.05) is 55.1 Å². The van der Waals surface area contributed by atoms with Gasteiger partial charge in [0.15, 0.2) is 11.8 Å². The summed E-state index contributed by atoms with van der Waals surface area (Å²) in [5.74, 6) is -1.81. The number of nitrogens with zero attached hydrogens (tertiary/aromatic N) is 2. The third-order valence-corrected chi connectivity index (χ3v) is 4.39. The van der Waals surface area contributed by atoms with Gasteiger partial charge in [0, 0.05) is 23.3 Å². The minimum atomic E-state index is -2.49. The molecule has 0 aliphatic rings. The normalized spacial score (nSPS) is 17.1. The van der Waals surface area contributed by atoms with Crippen molar-refractivity contribution in [1.29, 1.82) is 0 Å². The second-order valence-electron chi connectivity index (χ2n) is 6.10. The molecule has 0 amide bonds. The molecule has 1 aromatic carbocycles. The smallest absolute Gasteiger partial charge is 0.213 e. The molecule has 0 aliphatic heterocycles. The van der Waals surface area contributed by atoms with Gasteiger partial charge in [0.25, 0.3) is 0 Å². The van der Waals surface area contributed by atoms with Gasteiger partial charge in [-0.05, 0) is 42.6 Å². The molecular formula is C21H21N2O+. The van der Waals surface area contributed by atoms with E-state index < -0.39 is 12.7 Å². The van der Waals surface area contributed by atoms with Crippen LogP contribution >= 0.6 is 0 Å². The van der Waals surface area contributed by atoms with E-state index in [0.29, 0.717) is 16.7 Å². The van der Waals surface area contributed by atoms with Crippen LogP contribution in [0.15, 0.2) is 53.1 Å². The minimum absolute atomic E-state index is 0.201. The first kappa shape index (κ1) is 11.0. The second-order valence-corrected chi connectivity index (χ2v) is 6.10. The van der Waals surface area contributed by atoms with Gasteiger partial charge in [0.2, 0.25) is 5.69 Å². The van der Waals surface area contributed by atoms with E-state index in [4.69, 9.17) is 9.90 Å². The maximum atomic E-state index is 8.39. The molecule has 0 saturated carbocycles. The number of pyridine rings is 2. The standard InChI is InChI=1S/C21H21N2O/c1-13(2)15-9-11-18-21(22-15)20-17(24-18)10-8-14(3)19(20)16-7-5-6-12-23(16)4/h5-13H,1-4H3/q+1/i1D3,13D. The Kier molecular flexibility index (Phi) is 2.49. The molecule has 0 bridgehead atoms. The van der Waals surface area contributed by atoms with E-state index in [9.17, 15) is 0 Å². The molecule has 0 radical (unpaired) electrons. The molecular weight excluding hydrogens is 296 g/mol. The highest BCUT2D eigenvalue weighted by molar-refractivity contribution is 6.10. The van der Waals surface area contributed by atoms with Crippen LogP contribution in [-0.2, 0) is 7.05 Å². The number of fused-ring (bicyclic) bond motifs is 3. The molecule has 1 atom stereocenters. The lowest BCUT2D eigenvalue weighted by Crippen LogP contribution is -2.30. The predicted molar refractivity (Wildman–Crippen MR) is 97.0 cm³/mol. The number of hydrogen-bond acceptors (Lipinski definition) is 2. The lowest BCUT2D eigenvalue weighted by atomic mass is 9.99. The van der Waals surface area contributed by atoms with Crippen LogP contribution in [0, 0.1) is 6.92 Å². The van der Waals surface area contributed by atoms with Crippen molar-refractivity contribution in [3.8, 4) is 11.3 Å². The summed E-state index contributed by atoms with van der Waals surface area (Å²) >= 11 is 0. The number of hydrogen-bond donors (Lipinski definition) is 0. The summed E-state index contributed by atoms with van der Waals surface area (Å²) in [6.07, 6.45) is 1.98. The van der Waals surface area contributed by atoms with Gasteiger partial charge in [-0.15, -0.1) is 0 Å². The Labute approximate surface area is 147 Å². The van der Waals surface area contributed by atoms with Gasteiger partial charge < -0.3 is 4.42 Å². The highest BCUT2D eigenvalue weighted by Crippen LogP contribution is 2.37. The fourth-order valence-electron chi connectivity index (χ4n) is 3.16. The SMILES string of the molecule is [2H]C([2H])([2H])C([2H])(C)c1ccc2oc3ccc(C)c(-c4cccc[n+]4C)c3c2n1. The molecule has 0 aliphatic carbocycles. The lowest BCUT2D eigenvalue weighted by molar-refractivity contribution is -0.660. The Bertz CT molecular complexity index is 1210. The summed E-state index contributed by atoms with van der Waals surface area (Å²) in [5, 5.41) is 0.833. The van der Waals surface area contributed by atoms with Gasteiger partial charge in [-0.1, -0.05) is 19.8 Å². The number of aromatic nitrogens is 2. The van der Waals surface area contributed by atoms with Crippen LogP contribution in [0.2, 0.25) is 0 Å². The molecule has 3 aromatic heterocycles. The van der Waals surface area contributed by atoms with Gasteiger partial charge in [-0.2, -0.15) is 0 Å². The Balaban J connectivity index is 2.09. The van der Waals surface area contributed by atoms with Crippen molar-refractivity contribution in [3.05, 3.63) is 59.9 Å². The third-order valence-electron chi connectivity index (χ3n) is 4.39. The first-order valence-electron chi connectivity index (χ1n) is 9.89. The fraction of sp³-hybridized carbons (Fsp3) is 0.238. The van der Waals surface area contributed by atoms with Crippen LogP contribution in [0.4, 0.5) is 0 Å². The molecule has 4 rings (SSSR count). The second kappa shape index (κ2) is 5.45. The largest absolute Gasteiger partial charge is 0.454 e. The molecule has 0 saturated heterocycles. The predicted octanol–water partition coefficient (Wildman–Crippen LogP) is 4.90. The van der Waals surface area contributed by atoms with Crippen LogP contribution in [-0.4, -0.2) is 4.98 Å². The number of furan rings is 1. The van der Waals surface area contributed by atoms with Gasteiger partial charge in [-0.3, -0.25) is 0 Å². The van der Waals surface area contributed by atoms with Gasteiger partial charge in [0.1, 0.15) is 18.1 Å². The average Bonchev–Trinajstić information content (AvgIpc) is 2.99. The van der Waals surface area contributed by atoms with Crippen LogP contribution < -0.4 is 4.57 Å². The zero-order valence-corrected chi connectivity index (χ0v) is 13.9. The van der Waals surface area contributed by atoms with Crippen molar-refractivity contribution in [2.24, 2.45) is 7.05 Å². The van der Waals surface area contributed by atoms with E-state index in [2.05, 4.69) is 4.98 Å². The van der Waals surface area contributed by atoms with Crippen molar-refractivity contribution >= 4 is 22.1 Å². The first-order chi connectivity index (χ1) is 13.1. The maximum absolute atomic E-state index is 8.39. The summed E-state index contributed by atoms with van der Waals surface area (Å²) in [4.78, 5) is 4.61. The minimum Gasteiger partial charge on any atom is -0.454 e. The van der Waals surface area contributed by atoms with Crippen molar-refractivity contribution in [2.75, 3.05) is 0 Å². The van der Waals surface area contributed by atoms with E-state index in [1.165, 1.54) is 6.92 Å². The van der Waals surface area contributed by atoms with Crippen LogP contribution in [0.5, 0.6) is 0 Å². The zero-order chi connectivity index (χ0) is 20.3. The quantitative estimate of drug-likeness (QED) is 0.491. The molecule has 120 valence electrons. The van der Waals surface area contributed by atoms with Crippen molar-refractivity contribution in [3.63, 3.8) is 0 Å². The van der Waals surface area contributed by atoms with Crippen LogP contribution in [0.1, 0.15) is 36.4 Å². The fourth-order valence-corrected chi connectivity index (χ4v) is 3.16. The van der Waals surface area contributed by atoms with Crippen molar-refractivity contribution < 1.29 is 14.5 Å². The first-order valence-corrected chi connectivity index (χ1v) is 7.89. The molecule has 0 spiro atoms. The number of benzene rings is 1. The van der Waals surface area contributed by atoms with E-state index in [0.717, 1.165) is 22.2 Å². The monoisotopic (exact) mass is 321 g/mol. The summed E-state index contributed by atoms with van der Waals surface area (Å²) in [6, 6.07) is 13.2. The Morgan fingerprint density at radius 1 is 1.17 bits per heavy atom. The molecule has 4 aromatic rings. The summed E-state index contributed by atoms with van der Waals surface area (Å²) in [6.45, 7) is 0.916. The van der Waals surface area contributed by atoms with E-state index in [-0.39, 0.29) is 5.69 Å². The van der Waals surface area contributed by atoms with Crippen LogP contribution in [0.3, 0.4) is 0 Å². The topological polar surface area (TPSA) is 29.9 Å².